The quantitative estimate of drug-likeness (QED) is 0.258. The summed E-state index contributed by atoms with van der Waals surface area (Å²) < 4.78 is 13.0. The van der Waals surface area contributed by atoms with Gasteiger partial charge < -0.3 is 33.7 Å². The molecule has 0 radical (unpaired) electrons. The Morgan fingerprint density at radius 1 is 0.634 bits per heavy atom. The summed E-state index contributed by atoms with van der Waals surface area (Å²) in [4.78, 5) is 0. The molecule has 0 saturated heterocycles. The maximum atomic E-state index is 6.51. The van der Waals surface area contributed by atoms with Gasteiger partial charge in [0.05, 0.1) is 0 Å². The number of hydrogen-bond acceptors (Lipinski definition) is 2. The first-order valence-electron chi connectivity index (χ1n) is 15.7. The number of fused-ring (bicyclic) bond motifs is 2. The van der Waals surface area contributed by atoms with E-state index in [4.69, 9.17) is 8.85 Å². The van der Waals surface area contributed by atoms with Crippen LogP contribution in [0.15, 0.2) is 24.3 Å². The minimum atomic E-state index is -1.71. The predicted octanol–water partition coefficient (Wildman–Crippen LogP) is 4.90. The van der Waals surface area contributed by atoms with Crippen molar-refractivity contribution in [2.24, 2.45) is 0 Å². The van der Waals surface area contributed by atoms with E-state index in [1.165, 1.54) is 77.0 Å². The molecule has 7 heteroatoms. The molecule has 0 atom stereocenters. The van der Waals surface area contributed by atoms with Crippen LogP contribution in [0.25, 0.3) is 0 Å². The van der Waals surface area contributed by atoms with Gasteiger partial charge in [0, 0.05) is 0 Å². The maximum Gasteiger partial charge on any atom is 4.00 e. The maximum absolute atomic E-state index is 6.51. The van der Waals surface area contributed by atoms with E-state index in [-0.39, 0.29) is 51.0 Å². The molecule has 2 aromatic rings. The molecule has 2 nitrogen and oxygen atoms in total. The Bertz CT molecular complexity index is 910. The summed E-state index contributed by atoms with van der Waals surface area (Å²) in [6.45, 7) is 23.5. The van der Waals surface area contributed by atoms with E-state index in [1.807, 2.05) is 0 Å². The largest absolute Gasteiger partial charge is 4.00 e. The van der Waals surface area contributed by atoms with Crippen LogP contribution in [0.1, 0.15) is 115 Å². The number of halogens is 2. The third kappa shape index (κ3) is 10.7. The van der Waals surface area contributed by atoms with Gasteiger partial charge in [-0.25, -0.2) is 0 Å². The van der Waals surface area contributed by atoms with Crippen LogP contribution in [0.3, 0.4) is 0 Å². The molecule has 4 rings (SSSR count). The topological polar surface area (TPSA) is 18.5 Å². The van der Waals surface area contributed by atoms with Gasteiger partial charge in [-0.1, -0.05) is 106 Å². The van der Waals surface area contributed by atoms with E-state index >= 15 is 0 Å². The molecule has 0 heterocycles. The number of hydrogen-bond donors (Lipinski definition) is 0. The van der Waals surface area contributed by atoms with Crippen LogP contribution in [-0.2, 0) is 51.9 Å². The summed E-state index contributed by atoms with van der Waals surface area (Å²) in [5, 5.41) is 0.666. The van der Waals surface area contributed by atoms with E-state index in [0.717, 1.165) is 11.5 Å². The standard InChI is InChI=1S/2C17H29OSi.2ClH.Zr/c2*1-6-11-17(2,3)19(4,5)18-16-12-14-9-7-8-10-15(14)13-16;;;/h2*12-13H,6-11H2,1-5H3;2*1H;/q2*-1;;;+4/p-2. The van der Waals surface area contributed by atoms with Crippen molar-refractivity contribution < 1.29 is 59.9 Å². The molecule has 2 aliphatic rings. The van der Waals surface area contributed by atoms with Gasteiger partial charge in [-0.15, -0.1) is 12.1 Å². The van der Waals surface area contributed by atoms with Crippen molar-refractivity contribution in [3.05, 3.63) is 46.5 Å². The fourth-order valence-corrected chi connectivity index (χ4v) is 9.84. The number of aryl methyl sites for hydroxylation is 4. The SMILES string of the molecule is CCCC(C)(C)[Si](C)(C)Oc1cc2c([cH-]1)CCCC2.CCCC(C)(C)[Si](C)(C)Oc1cc2c([cH-]1)CCCC2.[Cl-].[Cl-].[Zr+4]. The van der Waals surface area contributed by atoms with Gasteiger partial charge in [0.25, 0.3) is 0 Å². The Morgan fingerprint density at radius 2 is 0.951 bits per heavy atom. The molecule has 2 aromatic carbocycles. The summed E-state index contributed by atoms with van der Waals surface area (Å²) in [5.74, 6) is 2.29. The molecule has 0 saturated carbocycles. The summed E-state index contributed by atoms with van der Waals surface area (Å²) >= 11 is 0. The molecule has 0 bridgehead atoms. The molecule has 232 valence electrons. The molecule has 0 fully saturated rings. The van der Waals surface area contributed by atoms with Gasteiger partial charge in [0.2, 0.25) is 16.6 Å². The predicted molar refractivity (Wildman–Crippen MR) is 171 cm³/mol. The van der Waals surface area contributed by atoms with E-state index in [2.05, 4.69) is 92.0 Å². The third-order valence-corrected chi connectivity index (χ3v) is 18.6. The summed E-state index contributed by atoms with van der Waals surface area (Å²) in [6, 6.07) is 9.24. The fraction of sp³-hybridized carbons (Fsp3) is 0.706. The van der Waals surface area contributed by atoms with Crippen LogP contribution in [0, 0.1) is 0 Å². The van der Waals surface area contributed by atoms with Gasteiger partial charge in [0.15, 0.2) is 0 Å². The van der Waals surface area contributed by atoms with Crippen LogP contribution >= 0.6 is 0 Å². The zero-order valence-electron chi connectivity index (χ0n) is 27.9. The zero-order chi connectivity index (χ0) is 28.2. The Labute approximate surface area is 287 Å². The van der Waals surface area contributed by atoms with Gasteiger partial charge in [-0.2, -0.15) is 34.4 Å². The second-order valence-electron chi connectivity index (χ2n) is 14.4. The fourth-order valence-electron chi connectivity index (χ4n) is 6.17. The second-order valence-corrected chi connectivity index (χ2v) is 23.5. The molecule has 0 amide bonds. The molecule has 2 aliphatic carbocycles. The minimum Gasteiger partial charge on any atom is -1.00 e. The molecular weight excluding hydrogens is 659 g/mol. The van der Waals surface area contributed by atoms with E-state index in [9.17, 15) is 0 Å². The van der Waals surface area contributed by atoms with Crippen LogP contribution in [-0.4, -0.2) is 16.6 Å². The van der Waals surface area contributed by atoms with Gasteiger partial charge >= 0.3 is 26.2 Å². The third-order valence-electron chi connectivity index (χ3n) is 10.1. The Hall–Kier alpha value is 0.197. The molecule has 0 unspecified atom stereocenters. The van der Waals surface area contributed by atoms with Crippen molar-refractivity contribution in [2.75, 3.05) is 0 Å². The average molecular weight is 717 g/mol. The van der Waals surface area contributed by atoms with Crippen LogP contribution in [0.5, 0.6) is 11.5 Å². The van der Waals surface area contributed by atoms with Crippen LogP contribution < -0.4 is 33.7 Å². The minimum absolute atomic E-state index is 0. The average Bonchev–Trinajstić information content (AvgIpc) is 3.41. The first-order chi connectivity index (χ1) is 17.7. The van der Waals surface area contributed by atoms with Crippen molar-refractivity contribution in [3.63, 3.8) is 0 Å². The Kier molecular flexibility index (Phi) is 17.1. The number of rotatable bonds is 10. The molecule has 0 aromatic heterocycles. The van der Waals surface area contributed by atoms with Gasteiger partial charge in [0.1, 0.15) is 0 Å². The Morgan fingerprint density at radius 3 is 1.24 bits per heavy atom. The van der Waals surface area contributed by atoms with E-state index in [0.29, 0.717) is 10.1 Å². The van der Waals surface area contributed by atoms with Crippen molar-refractivity contribution in [1.29, 1.82) is 0 Å². The van der Waals surface area contributed by atoms with E-state index < -0.39 is 16.6 Å². The van der Waals surface area contributed by atoms with Crippen LogP contribution in [0.4, 0.5) is 0 Å². The van der Waals surface area contributed by atoms with Gasteiger partial charge in [-0.3, -0.25) is 0 Å². The molecule has 0 N–H and O–H groups in total. The molecule has 41 heavy (non-hydrogen) atoms. The first-order valence-corrected chi connectivity index (χ1v) is 21.5. The monoisotopic (exact) mass is 714 g/mol. The smallest absolute Gasteiger partial charge is 1.00 e. The summed E-state index contributed by atoms with van der Waals surface area (Å²) in [5.41, 5.74) is 6.16. The van der Waals surface area contributed by atoms with E-state index in [1.54, 1.807) is 22.3 Å². The Balaban J connectivity index is 0.000000727. The van der Waals surface area contributed by atoms with Gasteiger partial charge in [-0.05, 0) is 60.6 Å². The van der Waals surface area contributed by atoms with Crippen molar-refractivity contribution >= 4 is 16.6 Å². The van der Waals surface area contributed by atoms with Crippen molar-refractivity contribution in [2.45, 2.75) is 155 Å². The van der Waals surface area contributed by atoms with Crippen LogP contribution in [0.2, 0.25) is 36.3 Å². The van der Waals surface area contributed by atoms with Crippen molar-refractivity contribution in [3.8, 4) is 11.5 Å². The molecular formula is C34H58Cl2O2Si2Zr. The zero-order valence-corrected chi connectivity index (χ0v) is 33.8. The normalized spacial score (nSPS) is 15.1. The summed E-state index contributed by atoms with van der Waals surface area (Å²) in [6.07, 6.45) is 15.4. The molecule has 0 aliphatic heterocycles. The first kappa shape index (κ1) is 41.2. The van der Waals surface area contributed by atoms with Crippen molar-refractivity contribution in [1.82, 2.24) is 0 Å². The molecule has 0 spiro atoms. The second kappa shape index (κ2) is 17.0. The summed E-state index contributed by atoms with van der Waals surface area (Å²) in [7, 11) is -3.41.